The first-order valence-corrected chi connectivity index (χ1v) is 7.92. The van der Waals surface area contributed by atoms with Gasteiger partial charge in [-0.25, -0.2) is 4.98 Å². The van der Waals surface area contributed by atoms with Crippen molar-refractivity contribution in [3.05, 3.63) is 16.1 Å². The first-order chi connectivity index (χ1) is 8.35. The fourth-order valence-electron chi connectivity index (χ4n) is 3.47. The van der Waals surface area contributed by atoms with Crippen LogP contribution in [0, 0.1) is 18.3 Å². The van der Waals surface area contributed by atoms with Crippen LogP contribution in [0.4, 0.5) is 0 Å². The van der Waals surface area contributed by atoms with Gasteiger partial charge in [0.05, 0.1) is 6.04 Å². The molecule has 18 heavy (non-hydrogen) atoms. The van der Waals surface area contributed by atoms with Gasteiger partial charge in [0.25, 0.3) is 0 Å². The van der Waals surface area contributed by atoms with Crippen LogP contribution in [0.3, 0.4) is 0 Å². The second kappa shape index (κ2) is 5.30. The molecule has 102 valence electrons. The van der Waals surface area contributed by atoms with Gasteiger partial charge in [-0.1, -0.05) is 20.8 Å². The Bertz CT molecular complexity index is 397. The molecule has 3 unspecified atom stereocenters. The SMILES string of the molecule is Cc1csc(C(C)NC2CC(C)CC(C)(C)C2)n1. The quantitative estimate of drug-likeness (QED) is 0.881. The Morgan fingerprint density at radius 3 is 2.72 bits per heavy atom. The fraction of sp³-hybridized carbons (Fsp3) is 0.800. The third-order valence-corrected chi connectivity index (χ3v) is 5.03. The number of hydrogen-bond acceptors (Lipinski definition) is 3. The van der Waals surface area contributed by atoms with E-state index in [1.807, 2.05) is 0 Å². The summed E-state index contributed by atoms with van der Waals surface area (Å²) in [7, 11) is 0. The molecule has 1 aromatic heterocycles. The number of thiazole rings is 1. The maximum absolute atomic E-state index is 4.59. The predicted molar refractivity (Wildman–Crippen MR) is 79.0 cm³/mol. The summed E-state index contributed by atoms with van der Waals surface area (Å²) in [6.45, 7) is 11.5. The van der Waals surface area contributed by atoms with Gasteiger partial charge >= 0.3 is 0 Å². The Hall–Kier alpha value is -0.410. The van der Waals surface area contributed by atoms with Crippen LogP contribution in [0.1, 0.15) is 63.7 Å². The van der Waals surface area contributed by atoms with Crippen LogP contribution < -0.4 is 5.32 Å². The molecule has 0 spiro atoms. The van der Waals surface area contributed by atoms with E-state index in [2.05, 4.69) is 50.3 Å². The normalized spacial score (nSPS) is 29.2. The molecule has 1 aliphatic rings. The summed E-state index contributed by atoms with van der Waals surface area (Å²) in [5, 5.41) is 7.15. The van der Waals surface area contributed by atoms with Gasteiger partial charge in [-0.2, -0.15) is 0 Å². The Balaban J connectivity index is 1.96. The second-order valence-electron chi connectivity index (χ2n) is 6.83. The summed E-state index contributed by atoms with van der Waals surface area (Å²) in [6, 6.07) is 1.03. The molecule has 0 aromatic carbocycles. The van der Waals surface area contributed by atoms with Gasteiger partial charge in [0, 0.05) is 17.1 Å². The van der Waals surface area contributed by atoms with E-state index in [9.17, 15) is 0 Å². The van der Waals surface area contributed by atoms with Crippen molar-refractivity contribution in [2.75, 3.05) is 0 Å². The third-order valence-electron chi connectivity index (χ3n) is 3.88. The lowest BCUT2D eigenvalue weighted by atomic mass is 9.70. The van der Waals surface area contributed by atoms with Crippen LogP contribution in [-0.4, -0.2) is 11.0 Å². The lowest BCUT2D eigenvalue weighted by molar-refractivity contribution is 0.145. The van der Waals surface area contributed by atoms with E-state index in [4.69, 9.17) is 0 Å². The van der Waals surface area contributed by atoms with E-state index in [-0.39, 0.29) is 0 Å². The summed E-state index contributed by atoms with van der Waals surface area (Å²) in [5.41, 5.74) is 1.62. The highest BCUT2D eigenvalue weighted by molar-refractivity contribution is 7.09. The van der Waals surface area contributed by atoms with Crippen LogP contribution in [0.5, 0.6) is 0 Å². The van der Waals surface area contributed by atoms with Gasteiger partial charge in [-0.15, -0.1) is 11.3 Å². The standard InChI is InChI=1S/C15H26N2S/c1-10-6-13(8-15(4,5)7-10)17-12(3)14-16-11(2)9-18-14/h9-10,12-13,17H,6-8H2,1-5H3. The van der Waals surface area contributed by atoms with Gasteiger partial charge in [0.2, 0.25) is 0 Å². The summed E-state index contributed by atoms with van der Waals surface area (Å²) in [5.74, 6) is 0.830. The lowest BCUT2D eigenvalue weighted by Crippen LogP contribution is -2.41. The molecule has 1 aromatic rings. The maximum Gasteiger partial charge on any atom is 0.110 e. The fourth-order valence-corrected chi connectivity index (χ4v) is 4.28. The Labute approximate surface area is 115 Å². The summed E-state index contributed by atoms with van der Waals surface area (Å²) < 4.78 is 0. The van der Waals surface area contributed by atoms with Crippen molar-refractivity contribution in [3.8, 4) is 0 Å². The first kappa shape index (κ1) is 14.0. The molecule has 1 N–H and O–H groups in total. The molecule has 0 saturated heterocycles. The van der Waals surface area contributed by atoms with Gasteiger partial charge in [-0.3, -0.25) is 0 Å². The largest absolute Gasteiger partial charge is 0.305 e. The number of aromatic nitrogens is 1. The summed E-state index contributed by atoms with van der Waals surface area (Å²) >= 11 is 1.77. The molecule has 0 bridgehead atoms. The van der Waals surface area contributed by atoms with Crippen molar-refractivity contribution in [2.45, 2.75) is 66.0 Å². The van der Waals surface area contributed by atoms with Gasteiger partial charge in [0.15, 0.2) is 0 Å². The number of nitrogens with one attached hydrogen (secondary N) is 1. The summed E-state index contributed by atoms with van der Waals surface area (Å²) in [4.78, 5) is 4.59. The molecule has 3 heteroatoms. The van der Waals surface area contributed by atoms with E-state index in [1.54, 1.807) is 11.3 Å². The lowest BCUT2D eigenvalue weighted by Gasteiger charge is -2.40. The minimum Gasteiger partial charge on any atom is -0.305 e. The number of rotatable bonds is 3. The average molecular weight is 266 g/mol. The zero-order chi connectivity index (χ0) is 13.3. The van der Waals surface area contributed by atoms with Crippen molar-refractivity contribution in [1.29, 1.82) is 0 Å². The van der Waals surface area contributed by atoms with E-state index in [0.29, 0.717) is 17.5 Å². The summed E-state index contributed by atoms with van der Waals surface area (Å²) in [6.07, 6.45) is 3.94. The molecular weight excluding hydrogens is 240 g/mol. The molecule has 0 aliphatic heterocycles. The van der Waals surface area contributed by atoms with E-state index >= 15 is 0 Å². The van der Waals surface area contributed by atoms with Crippen molar-refractivity contribution < 1.29 is 0 Å². The number of aryl methyl sites for hydroxylation is 1. The first-order valence-electron chi connectivity index (χ1n) is 7.04. The minimum absolute atomic E-state index is 0.384. The van der Waals surface area contributed by atoms with Crippen molar-refractivity contribution in [3.63, 3.8) is 0 Å². The number of hydrogen-bond donors (Lipinski definition) is 1. The topological polar surface area (TPSA) is 24.9 Å². The zero-order valence-corrected chi connectivity index (χ0v) is 13.1. The predicted octanol–water partition coefficient (Wildman–Crippen LogP) is 4.32. The Morgan fingerprint density at radius 2 is 2.17 bits per heavy atom. The molecule has 0 radical (unpaired) electrons. The van der Waals surface area contributed by atoms with Crippen molar-refractivity contribution in [2.24, 2.45) is 11.3 Å². The zero-order valence-electron chi connectivity index (χ0n) is 12.3. The second-order valence-corrected chi connectivity index (χ2v) is 7.72. The smallest absolute Gasteiger partial charge is 0.110 e. The van der Waals surface area contributed by atoms with Crippen molar-refractivity contribution >= 4 is 11.3 Å². The van der Waals surface area contributed by atoms with E-state index < -0.39 is 0 Å². The molecule has 2 rings (SSSR count). The Morgan fingerprint density at radius 1 is 1.44 bits per heavy atom. The molecule has 2 nitrogen and oxygen atoms in total. The van der Waals surface area contributed by atoms with E-state index in [1.165, 1.54) is 24.3 Å². The maximum atomic E-state index is 4.59. The molecule has 1 saturated carbocycles. The van der Waals surface area contributed by atoms with Gasteiger partial charge < -0.3 is 5.32 Å². The van der Waals surface area contributed by atoms with Gasteiger partial charge in [-0.05, 0) is 44.4 Å². The molecule has 0 amide bonds. The highest BCUT2D eigenvalue weighted by Gasteiger charge is 2.32. The van der Waals surface area contributed by atoms with Crippen molar-refractivity contribution in [1.82, 2.24) is 10.3 Å². The third kappa shape index (κ3) is 3.55. The van der Waals surface area contributed by atoms with E-state index in [0.717, 1.165) is 11.6 Å². The molecule has 3 atom stereocenters. The van der Waals surface area contributed by atoms with Crippen LogP contribution in [0.2, 0.25) is 0 Å². The molecular formula is C15H26N2S. The highest BCUT2D eigenvalue weighted by atomic mass is 32.1. The molecule has 1 fully saturated rings. The van der Waals surface area contributed by atoms with Crippen LogP contribution in [0.25, 0.3) is 0 Å². The van der Waals surface area contributed by atoms with Crippen LogP contribution in [-0.2, 0) is 0 Å². The monoisotopic (exact) mass is 266 g/mol. The number of nitrogens with zero attached hydrogens (tertiary/aromatic N) is 1. The highest BCUT2D eigenvalue weighted by Crippen LogP contribution is 2.39. The van der Waals surface area contributed by atoms with Crippen LogP contribution in [0.15, 0.2) is 5.38 Å². The van der Waals surface area contributed by atoms with Crippen LogP contribution >= 0.6 is 11.3 Å². The Kier molecular flexibility index (Phi) is 4.12. The molecule has 1 aliphatic carbocycles. The van der Waals surface area contributed by atoms with Gasteiger partial charge in [0.1, 0.15) is 5.01 Å². The average Bonchev–Trinajstić information content (AvgIpc) is 2.61. The molecule has 1 heterocycles. The minimum atomic E-state index is 0.384.